The van der Waals surface area contributed by atoms with E-state index in [0.717, 1.165) is 19.3 Å². The van der Waals surface area contributed by atoms with E-state index in [9.17, 15) is 13.2 Å². The monoisotopic (exact) mass is 310 g/mol. The second-order valence-electron chi connectivity index (χ2n) is 7.16. The second-order valence-corrected chi connectivity index (χ2v) is 8.84. The van der Waals surface area contributed by atoms with Crippen molar-refractivity contribution in [3.8, 4) is 0 Å². The van der Waals surface area contributed by atoms with Gasteiger partial charge in [0.1, 0.15) is 4.90 Å². The Bertz CT molecular complexity index is 722. The zero-order valence-corrected chi connectivity index (χ0v) is 13.5. The highest BCUT2D eigenvalue weighted by molar-refractivity contribution is 7.89. The molecule has 3 unspecified atom stereocenters. The summed E-state index contributed by atoms with van der Waals surface area (Å²) in [6.07, 6.45) is 5.73. The molecule has 5 nitrogen and oxygen atoms in total. The van der Waals surface area contributed by atoms with Crippen LogP contribution in [0.2, 0.25) is 0 Å². The average Bonchev–Trinajstić information content (AvgIpc) is 2.72. The number of hydrogen-bond donors (Lipinski definition) is 2. The number of sulfonamides is 1. The molecule has 2 bridgehead atoms. The van der Waals surface area contributed by atoms with Gasteiger partial charge in [-0.1, -0.05) is 20.8 Å². The fourth-order valence-corrected chi connectivity index (χ4v) is 5.66. The molecule has 0 radical (unpaired) electrons. The van der Waals surface area contributed by atoms with Gasteiger partial charge in [0, 0.05) is 24.5 Å². The average molecular weight is 310 g/mol. The summed E-state index contributed by atoms with van der Waals surface area (Å²) in [5.74, 6) is 0.546. The first-order valence-electron chi connectivity index (χ1n) is 7.38. The molecule has 2 aliphatic carbocycles. The van der Waals surface area contributed by atoms with Crippen LogP contribution in [0, 0.1) is 16.7 Å². The fraction of sp³-hybridized carbons (Fsp3) is 0.667. The molecule has 0 amide bonds. The van der Waals surface area contributed by atoms with Gasteiger partial charge in [0.05, 0.1) is 0 Å². The lowest BCUT2D eigenvalue weighted by atomic mass is 9.69. The predicted molar refractivity (Wildman–Crippen MR) is 80.4 cm³/mol. The highest BCUT2D eigenvalue weighted by Crippen LogP contribution is 2.65. The Morgan fingerprint density at radius 3 is 2.57 bits per heavy atom. The van der Waals surface area contributed by atoms with Gasteiger partial charge in [0.2, 0.25) is 15.5 Å². The quantitative estimate of drug-likeness (QED) is 0.894. The molecule has 0 saturated heterocycles. The van der Waals surface area contributed by atoms with Crippen LogP contribution in [0.3, 0.4) is 0 Å². The highest BCUT2D eigenvalue weighted by atomic mass is 32.2. The molecule has 1 aromatic rings. The Labute approximate surface area is 125 Å². The fourth-order valence-electron chi connectivity index (χ4n) is 4.24. The number of pyridine rings is 1. The van der Waals surface area contributed by atoms with Crippen molar-refractivity contribution in [1.82, 2.24) is 9.71 Å². The van der Waals surface area contributed by atoms with Crippen LogP contribution in [0.5, 0.6) is 0 Å². The number of hydrogen-bond acceptors (Lipinski definition) is 3. The van der Waals surface area contributed by atoms with E-state index in [0.29, 0.717) is 5.92 Å². The van der Waals surface area contributed by atoms with Gasteiger partial charge >= 0.3 is 0 Å². The Morgan fingerprint density at radius 2 is 2.05 bits per heavy atom. The van der Waals surface area contributed by atoms with Crippen LogP contribution < -0.4 is 10.2 Å². The van der Waals surface area contributed by atoms with Gasteiger partial charge < -0.3 is 4.98 Å². The number of fused-ring (bicyclic) bond motifs is 2. The smallest absolute Gasteiger partial charge is 0.246 e. The standard InChI is InChI=1S/C15H22N2O3S/c1-14(2)10-4-6-15(14,3)13(8-10)17-21(19,20)12-9-16-7-5-11(12)18/h5,7,9-10,13,17H,4,6,8H2,1-3H3,(H,16,18). The Kier molecular flexibility index (Phi) is 3.12. The van der Waals surface area contributed by atoms with Crippen molar-refractivity contribution in [2.75, 3.05) is 0 Å². The Hall–Kier alpha value is -1.14. The summed E-state index contributed by atoms with van der Waals surface area (Å²) in [5, 5.41) is 0. The number of aromatic nitrogens is 1. The van der Waals surface area contributed by atoms with Crippen molar-refractivity contribution in [3.63, 3.8) is 0 Å². The van der Waals surface area contributed by atoms with Gasteiger partial charge in [0.15, 0.2) is 0 Å². The number of H-pyrrole nitrogens is 1. The first kappa shape index (κ1) is 14.8. The lowest BCUT2D eigenvalue weighted by Crippen LogP contribution is -2.47. The molecule has 0 aromatic carbocycles. The minimum atomic E-state index is -3.78. The maximum Gasteiger partial charge on any atom is 0.246 e. The maximum atomic E-state index is 12.5. The molecule has 2 aliphatic rings. The highest BCUT2D eigenvalue weighted by Gasteiger charge is 2.61. The van der Waals surface area contributed by atoms with Crippen molar-refractivity contribution in [2.24, 2.45) is 16.7 Å². The van der Waals surface area contributed by atoms with Crippen molar-refractivity contribution >= 4 is 10.0 Å². The van der Waals surface area contributed by atoms with Gasteiger partial charge in [-0.3, -0.25) is 4.79 Å². The molecule has 116 valence electrons. The summed E-state index contributed by atoms with van der Waals surface area (Å²) in [7, 11) is -3.78. The van der Waals surface area contributed by atoms with Crippen LogP contribution in [-0.4, -0.2) is 19.4 Å². The van der Waals surface area contributed by atoms with Crippen LogP contribution in [0.1, 0.15) is 40.0 Å². The third-order valence-electron chi connectivity index (χ3n) is 6.17. The minimum absolute atomic E-state index is 0.0493. The third-order valence-corrected chi connectivity index (χ3v) is 7.66. The number of nitrogens with one attached hydrogen (secondary N) is 2. The van der Waals surface area contributed by atoms with Crippen molar-refractivity contribution in [2.45, 2.75) is 51.0 Å². The summed E-state index contributed by atoms with van der Waals surface area (Å²) < 4.78 is 27.8. The van der Waals surface area contributed by atoms with Gasteiger partial charge in [-0.15, -0.1) is 0 Å². The first-order valence-corrected chi connectivity index (χ1v) is 8.86. The number of aromatic amines is 1. The molecular formula is C15H22N2O3S. The molecule has 21 heavy (non-hydrogen) atoms. The van der Waals surface area contributed by atoms with E-state index in [-0.39, 0.29) is 21.8 Å². The lowest BCUT2D eigenvalue weighted by molar-refractivity contribution is 0.130. The van der Waals surface area contributed by atoms with E-state index in [2.05, 4.69) is 30.5 Å². The molecule has 6 heteroatoms. The van der Waals surface area contributed by atoms with Crippen LogP contribution in [0.25, 0.3) is 0 Å². The second kappa shape index (κ2) is 4.43. The minimum Gasteiger partial charge on any atom is -0.366 e. The SMILES string of the molecule is CC1(C)C2CCC1(C)C(NS(=O)(=O)c1c[nH]ccc1=O)C2. The molecule has 1 aromatic heterocycles. The zero-order valence-electron chi connectivity index (χ0n) is 12.6. The molecule has 3 rings (SSSR count). The third kappa shape index (κ3) is 1.99. The van der Waals surface area contributed by atoms with Gasteiger partial charge in [-0.05, 0) is 36.0 Å². The summed E-state index contributed by atoms with van der Waals surface area (Å²) in [6, 6.07) is 1.14. The molecule has 0 spiro atoms. The predicted octanol–water partition coefficient (Wildman–Crippen LogP) is 1.87. The molecule has 2 saturated carbocycles. The summed E-state index contributed by atoms with van der Waals surface area (Å²) >= 11 is 0. The molecule has 3 atom stereocenters. The van der Waals surface area contributed by atoms with E-state index in [1.165, 1.54) is 18.5 Å². The Balaban J connectivity index is 1.92. The molecule has 2 fully saturated rings. The van der Waals surface area contributed by atoms with E-state index < -0.39 is 15.5 Å². The zero-order chi connectivity index (χ0) is 15.5. The molecular weight excluding hydrogens is 288 g/mol. The van der Waals surface area contributed by atoms with Gasteiger partial charge in [-0.2, -0.15) is 0 Å². The lowest BCUT2D eigenvalue weighted by Gasteiger charge is -2.39. The largest absolute Gasteiger partial charge is 0.366 e. The van der Waals surface area contributed by atoms with Crippen LogP contribution in [-0.2, 0) is 10.0 Å². The Morgan fingerprint density at radius 1 is 1.33 bits per heavy atom. The van der Waals surface area contributed by atoms with E-state index in [1.54, 1.807) is 0 Å². The van der Waals surface area contributed by atoms with E-state index in [1.807, 2.05) is 0 Å². The maximum absolute atomic E-state index is 12.5. The topological polar surface area (TPSA) is 79.0 Å². The number of rotatable bonds is 3. The van der Waals surface area contributed by atoms with Crippen LogP contribution in [0.15, 0.2) is 28.2 Å². The normalized spacial score (nSPS) is 34.2. The van der Waals surface area contributed by atoms with Crippen LogP contribution in [0.4, 0.5) is 0 Å². The summed E-state index contributed by atoms with van der Waals surface area (Å²) in [4.78, 5) is 14.2. The van der Waals surface area contributed by atoms with E-state index >= 15 is 0 Å². The summed E-state index contributed by atoms with van der Waals surface area (Å²) in [5.41, 5.74) is -0.399. The van der Waals surface area contributed by atoms with Gasteiger partial charge in [0.25, 0.3) is 0 Å². The van der Waals surface area contributed by atoms with Crippen molar-refractivity contribution in [1.29, 1.82) is 0 Å². The molecule has 0 aliphatic heterocycles. The van der Waals surface area contributed by atoms with Gasteiger partial charge in [-0.25, -0.2) is 13.1 Å². The summed E-state index contributed by atoms with van der Waals surface area (Å²) in [6.45, 7) is 6.63. The molecule has 1 heterocycles. The van der Waals surface area contributed by atoms with Crippen molar-refractivity contribution < 1.29 is 8.42 Å². The van der Waals surface area contributed by atoms with Crippen LogP contribution >= 0.6 is 0 Å². The van der Waals surface area contributed by atoms with Crippen molar-refractivity contribution in [3.05, 3.63) is 28.7 Å². The molecule has 2 N–H and O–H groups in total. The first-order chi connectivity index (χ1) is 9.68. The van der Waals surface area contributed by atoms with E-state index in [4.69, 9.17) is 0 Å².